The van der Waals surface area contributed by atoms with Gasteiger partial charge in [0, 0.05) is 37.8 Å². The van der Waals surface area contributed by atoms with E-state index in [2.05, 4.69) is 4.98 Å². The maximum atomic E-state index is 10.4. The van der Waals surface area contributed by atoms with Crippen molar-refractivity contribution in [2.45, 2.75) is 18.4 Å². The third-order valence-electron chi connectivity index (χ3n) is 2.71. The molecule has 0 radical (unpaired) electrons. The molecular formula is C10H13ClN2O2. The molecule has 15 heavy (non-hydrogen) atoms. The first-order valence-corrected chi connectivity index (χ1v) is 5.21. The predicted molar refractivity (Wildman–Crippen MR) is 57.6 cm³/mol. The SMILES string of the molecule is Nc1ncc(Cl)cc1C1(O)CCOCC1. The van der Waals surface area contributed by atoms with Gasteiger partial charge in [0.1, 0.15) is 5.82 Å². The zero-order valence-corrected chi connectivity index (χ0v) is 9.00. The van der Waals surface area contributed by atoms with Gasteiger partial charge in [-0.05, 0) is 6.07 Å². The van der Waals surface area contributed by atoms with Gasteiger partial charge in [-0.15, -0.1) is 0 Å². The summed E-state index contributed by atoms with van der Waals surface area (Å²) in [7, 11) is 0. The van der Waals surface area contributed by atoms with Crippen LogP contribution in [0.1, 0.15) is 18.4 Å². The Balaban J connectivity index is 2.38. The van der Waals surface area contributed by atoms with E-state index in [1.807, 2.05) is 0 Å². The van der Waals surface area contributed by atoms with E-state index in [9.17, 15) is 5.11 Å². The highest BCUT2D eigenvalue weighted by Crippen LogP contribution is 2.35. The predicted octanol–water partition coefficient (Wildman–Crippen LogP) is 1.32. The molecule has 2 rings (SSSR count). The quantitative estimate of drug-likeness (QED) is 0.761. The van der Waals surface area contributed by atoms with E-state index < -0.39 is 5.60 Å². The molecule has 1 aliphatic rings. The van der Waals surface area contributed by atoms with Crippen LogP contribution >= 0.6 is 11.6 Å². The van der Waals surface area contributed by atoms with Crippen LogP contribution in [0, 0.1) is 0 Å². The summed E-state index contributed by atoms with van der Waals surface area (Å²) in [5.41, 5.74) is 5.40. The summed E-state index contributed by atoms with van der Waals surface area (Å²) in [6.45, 7) is 1.06. The minimum absolute atomic E-state index is 0.337. The molecule has 0 aromatic carbocycles. The number of nitrogen functional groups attached to an aromatic ring is 1. The Morgan fingerprint density at radius 3 is 2.80 bits per heavy atom. The summed E-state index contributed by atoms with van der Waals surface area (Å²) < 4.78 is 5.20. The number of anilines is 1. The van der Waals surface area contributed by atoms with Gasteiger partial charge in [-0.25, -0.2) is 4.98 Å². The highest BCUT2D eigenvalue weighted by molar-refractivity contribution is 6.30. The van der Waals surface area contributed by atoms with E-state index >= 15 is 0 Å². The molecule has 4 nitrogen and oxygen atoms in total. The number of pyridine rings is 1. The van der Waals surface area contributed by atoms with E-state index in [4.69, 9.17) is 22.1 Å². The highest BCUT2D eigenvalue weighted by Gasteiger charge is 2.34. The van der Waals surface area contributed by atoms with Crippen molar-refractivity contribution in [1.29, 1.82) is 0 Å². The summed E-state index contributed by atoms with van der Waals surface area (Å²) in [6, 6.07) is 1.68. The molecule has 1 aromatic rings. The Kier molecular flexibility index (Phi) is 2.82. The lowest BCUT2D eigenvalue weighted by Gasteiger charge is -2.32. The molecule has 0 spiro atoms. The number of halogens is 1. The Morgan fingerprint density at radius 2 is 2.13 bits per heavy atom. The Labute approximate surface area is 93.0 Å². The summed E-state index contributed by atoms with van der Waals surface area (Å²) in [5, 5.41) is 10.9. The van der Waals surface area contributed by atoms with Crippen LogP contribution < -0.4 is 5.73 Å². The first-order chi connectivity index (χ1) is 7.12. The van der Waals surface area contributed by atoms with Crippen molar-refractivity contribution < 1.29 is 9.84 Å². The van der Waals surface area contributed by atoms with Crippen molar-refractivity contribution >= 4 is 17.4 Å². The van der Waals surface area contributed by atoms with Crippen LogP contribution in [0.15, 0.2) is 12.3 Å². The van der Waals surface area contributed by atoms with Crippen molar-refractivity contribution in [3.8, 4) is 0 Å². The minimum Gasteiger partial charge on any atom is -0.385 e. The molecule has 0 aliphatic carbocycles. The molecule has 5 heteroatoms. The summed E-state index contributed by atoms with van der Waals surface area (Å²) >= 11 is 5.84. The third-order valence-corrected chi connectivity index (χ3v) is 2.91. The van der Waals surface area contributed by atoms with Crippen LogP contribution in [0.2, 0.25) is 5.02 Å². The Morgan fingerprint density at radius 1 is 1.47 bits per heavy atom. The fourth-order valence-corrected chi connectivity index (χ4v) is 1.96. The Bertz CT molecular complexity index is 364. The number of aromatic nitrogens is 1. The lowest BCUT2D eigenvalue weighted by Crippen LogP contribution is -2.34. The summed E-state index contributed by atoms with van der Waals surface area (Å²) in [6.07, 6.45) is 2.53. The fraction of sp³-hybridized carbons (Fsp3) is 0.500. The van der Waals surface area contributed by atoms with Crippen LogP contribution in [0.25, 0.3) is 0 Å². The van der Waals surface area contributed by atoms with Gasteiger partial charge in [0.2, 0.25) is 0 Å². The van der Waals surface area contributed by atoms with Crippen LogP contribution in [-0.4, -0.2) is 23.3 Å². The molecule has 0 amide bonds. The standard InChI is InChI=1S/C10H13ClN2O2/c11-7-5-8(9(12)13-6-7)10(14)1-3-15-4-2-10/h5-6,14H,1-4H2,(H2,12,13). The van der Waals surface area contributed by atoms with Gasteiger partial charge in [0.05, 0.1) is 10.6 Å². The molecule has 0 atom stereocenters. The van der Waals surface area contributed by atoms with Crippen LogP contribution in [0.5, 0.6) is 0 Å². The van der Waals surface area contributed by atoms with Crippen molar-refractivity contribution in [2.75, 3.05) is 18.9 Å². The average Bonchev–Trinajstić information content (AvgIpc) is 2.23. The van der Waals surface area contributed by atoms with Gasteiger partial charge in [-0.3, -0.25) is 0 Å². The van der Waals surface area contributed by atoms with Gasteiger partial charge < -0.3 is 15.6 Å². The molecule has 3 N–H and O–H groups in total. The lowest BCUT2D eigenvalue weighted by atomic mass is 9.87. The molecule has 2 heterocycles. The normalized spacial score (nSPS) is 20.1. The second-order valence-corrected chi connectivity index (χ2v) is 4.17. The van der Waals surface area contributed by atoms with Gasteiger partial charge in [-0.2, -0.15) is 0 Å². The Hall–Kier alpha value is -0.840. The van der Waals surface area contributed by atoms with Crippen molar-refractivity contribution in [3.63, 3.8) is 0 Å². The van der Waals surface area contributed by atoms with E-state index in [1.54, 1.807) is 6.07 Å². The molecule has 1 fully saturated rings. The monoisotopic (exact) mass is 228 g/mol. The van der Waals surface area contributed by atoms with Gasteiger partial charge in [0.25, 0.3) is 0 Å². The second kappa shape index (κ2) is 3.96. The largest absolute Gasteiger partial charge is 0.385 e. The molecule has 0 bridgehead atoms. The molecule has 1 aliphatic heterocycles. The maximum absolute atomic E-state index is 10.4. The molecule has 82 valence electrons. The maximum Gasteiger partial charge on any atom is 0.129 e. The van der Waals surface area contributed by atoms with E-state index in [0.29, 0.717) is 42.5 Å². The van der Waals surface area contributed by atoms with E-state index in [0.717, 1.165) is 0 Å². The van der Waals surface area contributed by atoms with Crippen molar-refractivity contribution in [1.82, 2.24) is 4.98 Å². The van der Waals surface area contributed by atoms with Crippen LogP contribution in [0.3, 0.4) is 0 Å². The fourth-order valence-electron chi connectivity index (χ4n) is 1.80. The zero-order valence-electron chi connectivity index (χ0n) is 8.24. The van der Waals surface area contributed by atoms with Crippen molar-refractivity contribution in [3.05, 3.63) is 22.8 Å². The van der Waals surface area contributed by atoms with E-state index in [1.165, 1.54) is 6.20 Å². The highest BCUT2D eigenvalue weighted by atomic mass is 35.5. The number of ether oxygens (including phenoxy) is 1. The molecule has 0 unspecified atom stereocenters. The number of nitrogens with two attached hydrogens (primary N) is 1. The molecule has 0 saturated carbocycles. The minimum atomic E-state index is -0.944. The lowest BCUT2D eigenvalue weighted by molar-refractivity contribution is -0.0675. The summed E-state index contributed by atoms with van der Waals surface area (Å²) in [5.74, 6) is 0.337. The number of hydrogen-bond acceptors (Lipinski definition) is 4. The van der Waals surface area contributed by atoms with Gasteiger partial charge >= 0.3 is 0 Å². The number of hydrogen-bond donors (Lipinski definition) is 2. The first kappa shape index (κ1) is 10.7. The summed E-state index contributed by atoms with van der Waals surface area (Å²) in [4.78, 5) is 3.94. The first-order valence-electron chi connectivity index (χ1n) is 4.83. The average molecular weight is 229 g/mol. The second-order valence-electron chi connectivity index (χ2n) is 3.73. The smallest absolute Gasteiger partial charge is 0.129 e. The topological polar surface area (TPSA) is 68.4 Å². The van der Waals surface area contributed by atoms with Gasteiger partial charge in [-0.1, -0.05) is 11.6 Å². The van der Waals surface area contributed by atoms with Crippen molar-refractivity contribution in [2.24, 2.45) is 0 Å². The number of rotatable bonds is 1. The molecule has 1 aromatic heterocycles. The third kappa shape index (κ3) is 2.07. The number of aliphatic hydroxyl groups is 1. The van der Waals surface area contributed by atoms with Crippen LogP contribution in [0.4, 0.5) is 5.82 Å². The zero-order chi connectivity index (χ0) is 10.9. The molecule has 1 saturated heterocycles. The van der Waals surface area contributed by atoms with Gasteiger partial charge in [0.15, 0.2) is 0 Å². The van der Waals surface area contributed by atoms with Crippen LogP contribution in [-0.2, 0) is 10.3 Å². The molecular weight excluding hydrogens is 216 g/mol. The number of nitrogens with zero attached hydrogens (tertiary/aromatic N) is 1. The van der Waals surface area contributed by atoms with E-state index in [-0.39, 0.29) is 0 Å².